The Labute approximate surface area is 103 Å². The molecule has 1 aromatic carbocycles. The molecule has 3 N–H and O–H groups in total. The van der Waals surface area contributed by atoms with Crippen molar-refractivity contribution in [2.45, 2.75) is 6.54 Å². The molecular formula is C12H11N3O3. The number of nitrogens with two attached hydrogens (primary N) is 1. The summed E-state index contributed by atoms with van der Waals surface area (Å²) < 4.78 is 1.52. The molecule has 0 radical (unpaired) electrons. The Morgan fingerprint density at radius 2 is 1.89 bits per heavy atom. The number of aromatic carboxylic acids is 1. The van der Waals surface area contributed by atoms with Crippen molar-refractivity contribution < 1.29 is 14.7 Å². The molecule has 0 bridgehead atoms. The van der Waals surface area contributed by atoms with E-state index in [9.17, 15) is 9.59 Å². The summed E-state index contributed by atoms with van der Waals surface area (Å²) in [6, 6.07) is 8.18. The van der Waals surface area contributed by atoms with Crippen molar-refractivity contribution >= 4 is 11.9 Å². The molecule has 1 amide bonds. The number of primary amides is 1. The van der Waals surface area contributed by atoms with E-state index in [0.717, 1.165) is 5.56 Å². The molecule has 1 heterocycles. The summed E-state index contributed by atoms with van der Waals surface area (Å²) in [6.45, 7) is 0.437. The summed E-state index contributed by atoms with van der Waals surface area (Å²) in [6.07, 6.45) is 1.59. The average molecular weight is 245 g/mol. The van der Waals surface area contributed by atoms with E-state index in [-0.39, 0.29) is 5.69 Å². The highest BCUT2D eigenvalue weighted by Gasteiger charge is 2.07. The smallest absolute Gasteiger partial charge is 0.356 e. The number of nitrogens with zero attached hydrogens (tertiary/aromatic N) is 2. The first kappa shape index (κ1) is 11.8. The number of aromatic nitrogens is 2. The van der Waals surface area contributed by atoms with E-state index in [4.69, 9.17) is 10.8 Å². The third kappa shape index (κ3) is 2.54. The van der Waals surface area contributed by atoms with Crippen LogP contribution in [-0.4, -0.2) is 26.8 Å². The van der Waals surface area contributed by atoms with E-state index < -0.39 is 11.9 Å². The van der Waals surface area contributed by atoms with Crippen molar-refractivity contribution in [3.63, 3.8) is 0 Å². The molecule has 92 valence electrons. The van der Waals surface area contributed by atoms with E-state index in [1.807, 2.05) is 0 Å². The summed E-state index contributed by atoms with van der Waals surface area (Å²) >= 11 is 0. The van der Waals surface area contributed by atoms with Crippen LogP contribution in [-0.2, 0) is 6.54 Å². The van der Waals surface area contributed by atoms with Crippen LogP contribution in [0.3, 0.4) is 0 Å². The fourth-order valence-electron chi connectivity index (χ4n) is 1.53. The number of carboxylic acids is 1. The van der Waals surface area contributed by atoms with Crippen LogP contribution in [0.4, 0.5) is 0 Å². The van der Waals surface area contributed by atoms with Gasteiger partial charge in [0.1, 0.15) is 0 Å². The van der Waals surface area contributed by atoms with Gasteiger partial charge in [-0.1, -0.05) is 12.1 Å². The molecule has 6 heteroatoms. The molecule has 0 unspecified atom stereocenters. The standard InChI is InChI=1S/C12H11N3O3/c13-11(16)9-3-1-8(2-4-9)7-15-6-5-10(14-15)12(17)18/h1-6H,7H2,(H2,13,16)(H,17,18). The third-order valence-electron chi connectivity index (χ3n) is 2.44. The van der Waals surface area contributed by atoms with E-state index >= 15 is 0 Å². The first-order valence-electron chi connectivity index (χ1n) is 5.22. The maximum absolute atomic E-state index is 10.9. The first-order chi connectivity index (χ1) is 8.56. The predicted molar refractivity (Wildman–Crippen MR) is 63.2 cm³/mol. The minimum Gasteiger partial charge on any atom is -0.476 e. The van der Waals surface area contributed by atoms with E-state index in [1.165, 1.54) is 10.7 Å². The van der Waals surface area contributed by atoms with Crippen LogP contribution < -0.4 is 5.73 Å². The van der Waals surface area contributed by atoms with Gasteiger partial charge in [-0.3, -0.25) is 9.48 Å². The Bertz CT molecular complexity index is 587. The molecule has 0 aliphatic heterocycles. The van der Waals surface area contributed by atoms with Crippen molar-refractivity contribution in [3.8, 4) is 0 Å². The highest BCUT2D eigenvalue weighted by atomic mass is 16.4. The van der Waals surface area contributed by atoms with Crippen molar-refractivity contribution in [2.75, 3.05) is 0 Å². The lowest BCUT2D eigenvalue weighted by atomic mass is 10.1. The molecule has 0 atom stereocenters. The number of carbonyl (C=O) groups excluding carboxylic acids is 1. The number of carbonyl (C=O) groups is 2. The second-order valence-corrected chi connectivity index (χ2v) is 3.76. The van der Waals surface area contributed by atoms with Gasteiger partial charge in [-0.05, 0) is 23.8 Å². The zero-order chi connectivity index (χ0) is 13.1. The number of carboxylic acid groups (broad SMARTS) is 1. The van der Waals surface area contributed by atoms with E-state index in [1.54, 1.807) is 30.5 Å². The molecule has 0 aliphatic rings. The quantitative estimate of drug-likeness (QED) is 0.829. The molecule has 0 saturated carbocycles. The number of hydrogen-bond acceptors (Lipinski definition) is 3. The minimum atomic E-state index is -1.06. The molecule has 2 aromatic rings. The molecule has 18 heavy (non-hydrogen) atoms. The van der Waals surface area contributed by atoms with Gasteiger partial charge >= 0.3 is 5.97 Å². The Morgan fingerprint density at radius 1 is 1.22 bits per heavy atom. The van der Waals surface area contributed by atoms with Crippen molar-refractivity contribution in [3.05, 3.63) is 53.3 Å². The topological polar surface area (TPSA) is 98.2 Å². The summed E-state index contributed by atoms with van der Waals surface area (Å²) in [5, 5.41) is 12.6. The Morgan fingerprint density at radius 3 is 2.39 bits per heavy atom. The second kappa shape index (κ2) is 4.70. The summed E-state index contributed by atoms with van der Waals surface area (Å²) in [7, 11) is 0. The fourth-order valence-corrected chi connectivity index (χ4v) is 1.53. The number of rotatable bonds is 4. The SMILES string of the molecule is NC(=O)c1ccc(Cn2ccc(C(=O)O)n2)cc1. The van der Waals surface area contributed by atoms with Gasteiger partial charge in [0.2, 0.25) is 5.91 Å². The lowest BCUT2D eigenvalue weighted by molar-refractivity contribution is 0.0689. The van der Waals surface area contributed by atoms with Crippen LogP contribution in [0.5, 0.6) is 0 Å². The van der Waals surface area contributed by atoms with Crippen LogP contribution in [0.15, 0.2) is 36.5 Å². The van der Waals surface area contributed by atoms with Crippen LogP contribution in [0.2, 0.25) is 0 Å². The third-order valence-corrected chi connectivity index (χ3v) is 2.44. The van der Waals surface area contributed by atoms with E-state index in [0.29, 0.717) is 12.1 Å². The predicted octanol–water partition coefficient (Wildman–Crippen LogP) is 0.728. The van der Waals surface area contributed by atoms with E-state index in [2.05, 4.69) is 5.10 Å². The van der Waals surface area contributed by atoms with Crippen molar-refractivity contribution in [2.24, 2.45) is 5.73 Å². The van der Waals surface area contributed by atoms with Gasteiger partial charge in [0.05, 0.1) is 6.54 Å². The largest absolute Gasteiger partial charge is 0.476 e. The maximum Gasteiger partial charge on any atom is 0.356 e. The monoisotopic (exact) mass is 245 g/mol. The Balaban J connectivity index is 2.13. The average Bonchev–Trinajstić information content (AvgIpc) is 2.78. The highest BCUT2D eigenvalue weighted by Crippen LogP contribution is 2.06. The summed E-state index contributed by atoms with van der Waals surface area (Å²) in [5.74, 6) is -1.54. The molecule has 1 aromatic heterocycles. The van der Waals surface area contributed by atoms with Gasteiger partial charge in [-0.2, -0.15) is 5.10 Å². The zero-order valence-electron chi connectivity index (χ0n) is 9.41. The Hall–Kier alpha value is -2.63. The van der Waals surface area contributed by atoms with Gasteiger partial charge < -0.3 is 10.8 Å². The molecule has 0 spiro atoms. The van der Waals surface area contributed by atoms with Gasteiger partial charge in [-0.15, -0.1) is 0 Å². The van der Waals surface area contributed by atoms with Crippen LogP contribution in [0.1, 0.15) is 26.4 Å². The number of hydrogen-bond donors (Lipinski definition) is 2. The number of amides is 1. The van der Waals surface area contributed by atoms with Gasteiger partial charge in [0, 0.05) is 11.8 Å². The highest BCUT2D eigenvalue weighted by molar-refractivity contribution is 5.92. The molecule has 0 aliphatic carbocycles. The molecular weight excluding hydrogens is 234 g/mol. The minimum absolute atomic E-state index is 0.00348. The van der Waals surface area contributed by atoms with Crippen molar-refractivity contribution in [1.29, 1.82) is 0 Å². The number of benzene rings is 1. The molecule has 2 rings (SSSR count). The normalized spacial score (nSPS) is 10.2. The molecule has 0 fully saturated rings. The molecule has 0 saturated heterocycles. The van der Waals surface area contributed by atoms with Gasteiger partial charge in [-0.25, -0.2) is 4.79 Å². The zero-order valence-corrected chi connectivity index (χ0v) is 9.41. The Kier molecular flexibility index (Phi) is 3.09. The van der Waals surface area contributed by atoms with Crippen LogP contribution in [0.25, 0.3) is 0 Å². The van der Waals surface area contributed by atoms with Crippen LogP contribution >= 0.6 is 0 Å². The van der Waals surface area contributed by atoms with Gasteiger partial charge in [0.25, 0.3) is 0 Å². The fraction of sp³-hybridized carbons (Fsp3) is 0.0833. The maximum atomic E-state index is 10.9. The molecule has 6 nitrogen and oxygen atoms in total. The second-order valence-electron chi connectivity index (χ2n) is 3.76. The lowest BCUT2D eigenvalue weighted by Gasteiger charge is -2.02. The van der Waals surface area contributed by atoms with Crippen molar-refractivity contribution in [1.82, 2.24) is 9.78 Å². The summed E-state index contributed by atoms with van der Waals surface area (Å²) in [4.78, 5) is 21.5. The van der Waals surface area contributed by atoms with Gasteiger partial charge in [0.15, 0.2) is 5.69 Å². The van der Waals surface area contributed by atoms with Crippen LogP contribution in [0, 0.1) is 0 Å². The lowest BCUT2D eigenvalue weighted by Crippen LogP contribution is -2.11. The first-order valence-corrected chi connectivity index (χ1v) is 5.22. The summed E-state index contributed by atoms with van der Waals surface area (Å²) in [5.41, 5.74) is 6.47.